The van der Waals surface area contributed by atoms with Crippen molar-refractivity contribution in [2.45, 2.75) is 40.0 Å². The predicted molar refractivity (Wildman–Crippen MR) is 110 cm³/mol. The van der Waals surface area contributed by atoms with Gasteiger partial charge in [0.05, 0.1) is 13.2 Å². The van der Waals surface area contributed by atoms with Crippen molar-refractivity contribution in [3.63, 3.8) is 0 Å². The molecule has 0 bridgehead atoms. The molecule has 5 heteroatoms. The van der Waals surface area contributed by atoms with Crippen molar-refractivity contribution in [1.29, 1.82) is 0 Å². The molecule has 150 valence electrons. The zero-order valence-corrected chi connectivity index (χ0v) is 17.0. The quantitative estimate of drug-likeness (QED) is 0.799. The Morgan fingerprint density at radius 2 is 1.79 bits per heavy atom. The van der Waals surface area contributed by atoms with Gasteiger partial charge >= 0.3 is 0 Å². The molecular weight excluding hydrogens is 352 g/mol. The summed E-state index contributed by atoms with van der Waals surface area (Å²) in [4.78, 5) is 14.8. The van der Waals surface area contributed by atoms with Gasteiger partial charge in [-0.25, -0.2) is 0 Å². The molecule has 28 heavy (non-hydrogen) atoms. The van der Waals surface area contributed by atoms with Gasteiger partial charge < -0.3 is 14.8 Å². The van der Waals surface area contributed by atoms with Crippen molar-refractivity contribution in [3.8, 4) is 5.75 Å². The van der Waals surface area contributed by atoms with Crippen molar-refractivity contribution < 1.29 is 14.3 Å². The summed E-state index contributed by atoms with van der Waals surface area (Å²) in [6.45, 7) is 10.8. The number of carbonyl (C=O) groups is 1. The largest absolute Gasteiger partial charge is 0.481 e. The number of nitrogens with zero attached hydrogens (tertiary/aromatic N) is 1. The Kier molecular flexibility index (Phi) is 7.06. The lowest BCUT2D eigenvalue weighted by Crippen LogP contribution is -2.36. The average Bonchev–Trinajstić information content (AvgIpc) is 2.70. The topological polar surface area (TPSA) is 50.8 Å². The highest BCUT2D eigenvalue weighted by molar-refractivity contribution is 5.80. The van der Waals surface area contributed by atoms with Gasteiger partial charge in [0.15, 0.2) is 6.10 Å². The Morgan fingerprint density at radius 1 is 1.11 bits per heavy atom. The summed E-state index contributed by atoms with van der Waals surface area (Å²) in [5, 5.41) is 2.96. The summed E-state index contributed by atoms with van der Waals surface area (Å²) < 4.78 is 11.2. The summed E-state index contributed by atoms with van der Waals surface area (Å²) in [5.74, 6) is 0.647. The minimum atomic E-state index is -0.541. The van der Waals surface area contributed by atoms with Crippen LogP contribution in [-0.2, 0) is 22.6 Å². The van der Waals surface area contributed by atoms with Gasteiger partial charge in [-0.3, -0.25) is 9.69 Å². The molecule has 1 heterocycles. The van der Waals surface area contributed by atoms with Crippen LogP contribution in [0.3, 0.4) is 0 Å². The number of rotatable bonds is 7. The molecule has 1 amide bonds. The van der Waals surface area contributed by atoms with E-state index in [-0.39, 0.29) is 5.91 Å². The maximum absolute atomic E-state index is 12.4. The lowest BCUT2D eigenvalue weighted by Gasteiger charge is -2.26. The van der Waals surface area contributed by atoms with E-state index in [0.29, 0.717) is 6.54 Å². The molecule has 1 aliphatic heterocycles. The molecule has 1 saturated heterocycles. The van der Waals surface area contributed by atoms with Gasteiger partial charge in [0.25, 0.3) is 5.91 Å². The fourth-order valence-corrected chi connectivity index (χ4v) is 3.19. The molecule has 0 radical (unpaired) electrons. The van der Waals surface area contributed by atoms with Crippen LogP contribution in [0.2, 0.25) is 0 Å². The van der Waals surface area contributed by atoms with Gasteiger partial charge in [0.2, 0.25) is 0 Å². The van der Waals surface area contributed by atoms with E-state index in [1.165, 1.54) is 5.56 Å². The molecule has 0 aromatic heterocycles. The molecular formula is C23H30N2O3. The molecule has 1 aliphatic rings. The van der Waals surface area contributed by atoms with Crippen LogP contribution in [0.25, 0.3) is 0 Å². The summed E-state index contributed by atoms with van der Waals surface area (Å²) in [5.41, 5.74) is 4.51. The van der Waals surface area contributed by atoms with E-state index in [9.17, 15) is 4.79 Å². The minimum absolute atomic E-state index is 0.113. The highest BCUT2D eigenvalue weighted by Crippen LogP contribution is 2.20. The van der Waals surface area contributed by atoms with Crippen molar-refractivity contribution in [2.75, 3.05) is 26.3 Å². The van der Waals surface area contributed by atoms with Crippen LogP contribution in [-0.4, -0.2) is 43.2 Å². The number of benzene rings is 2. The molecule has 1 N–H and O–H groups in total. The van der Waals surface area contributed by atoms with Gasteiger partial charge in [-0.2, -0.15) is 0 Å². The van der Waals surface area contributed by atoms with Crippen LogP contribution in [0, 0.1) is 13.8 Å². The fourth-order valence-electron chi connectivity index (χ4n) is 3.19. The van der Waals surface area contributed by atoms with Crippen molar-refractivity contribution in [3.05, 3.63) is 64.7 Å². The second kappa shape index (κ2) is 9.71. The van der Waals surface area contributed by atoms with Crippen molar-refractivity contribution in [2.24, 2.45) is 0 Å². The van der Waals surface area contributed by atoms with Gasteiger partial charge in [0.1, 0.15) is 5.75 Å². The SMILES string of the molecule is Cc1ccc(C)c(O[C@@H](C)C(=O)NCc2ccc(CN3CCOCC3)cc2)c1. The summed E-state index contributed by atoms with van der Waals surface area (Å²) in [7, 11) is 0. The number of nitrogens with one attached hydrogen (secondary N) is 1. The molecule has 2 aromatic carbocycles. The fraction of sp³-hybridized carbons (Fsp3) is 0.435. The Bertz CT molecular complexity index is 783. The second-order valence-electron chi connectivity index (χ2n) is 7.45. The predicted octanol–water partition coefficient (Wildman–Crippen LogP) is 3.22. The van der Waals surface area contributed by atoms with Crippen molar-refractivity contribution >= 4 is 5.91 Å². The van der Waals surface area contributed by atoms with Crippen LogP contribution in [0.15, 0.2) is 42.5 Å². The Labute approximate surface area is 167 Å². The molecule has 0 spiro atoms. The van der Waals surface area contributed by atoms with Crippen molar-refractivity contribution in [1.82, 2.24) is 10.2 Å². The zero-order valence-electron chi connectivity index (χ0n) is 17.0. The third-order valence-electron chi connectivity index (χ3n) is 5.02. The van der Waals surface area contributed by atoms with Crippen LogP contribution in [0.4, 0.5) is 0 Å². The molecule has 2 aromatic rings. The molecule has 1 atom stereocenters. The number of morpholine rings is 1. The normalized spacial score (nSPS) is 15.8. The number of carbonyl (C=O) groups excluding carboxylic acids is 1. The smallest absolute Gasteiger partial charge is 0.261 e. The monoisotopic (exact) mass is 382 g/mol. The highest BCUT2D eigenvalue weighted by Gasteiger charge is 2.15. The van der Waals surface area contributed by atoms with Crippen LogP contribution in [0.1, 0.15) is 29.2 Å². The van der Waals surface area contributed by atoms with E-state index < -0.39 is 6.10 Å². The lowest BCUT2D eigenvalue weighted by molar-refractivity contribution is -0.127. The maximum Gasteiger partial charge on any atom is 0.261 e. The van der Waals surface area contributed by atoms with Gasteiger partial charge in [0, 0.05) is 26.2 Å². The third kappa shape index (κ3) is 5.81. The zero-order chi connectivity index (χ0) is 19.9. The molecule has 5 nitrogen and oxygen atoms in total. The first-order chi connectivity index (χ1) is 13.5. The minimum Gasteiger partial charge on any atom is -0.481 e. The Balaban J connectivity index is 1.47. The van der Waals surface area contributed by atoms with E-state index in [0.717, 1.165) is 55.3 Å². The van der Waals surface area contributed by atoms with E-state index in [2.05, 4.69) is 34.5 Å². The lowest BCUT2D eigenvalue weighted by atomic mass is 10.1. The maximum atomic E-state index is 12.4. The molecule has 0 aliphatic carbocycles. The van der Waals surface area contributed by atoms with E-state index in [4.69, 9.17) is 9.47 Å². The first-order valence-electron chi connectivity index (χ1n) is 9.91. The van der Waals surface area contributed by atoms with Gasteiger partial charge in [-0.1, -0.05) is 36.4 Å². The second-order valence-corrected chi connectivity index (χ2v) is 7.45. The molecule has 0 unspecified atom stereocenters. The third-order valence-corrected chi connectivity index (χ3v) is 5.02. The first-order valence-corrected chi connectivity index (χ1v) is 9.91. The number of hydrogen-bond donors (Lipinski definition) is 1. The highest BCUT2D eigenvalue weighted by atomic mass is 16.5. The summed E-state index contributed by atoms with van der Waals surface area (Å²) >= 11 is 0. The van der Waals surface area contributed by atoms with Gasteiger partial charge in [-0.15, -0.1) is 0 Å². The standard InChI is InChI=1S/C23H30N2O3/c1-17-4-5-18(2)22(14-17)28-19(3)23(26)24-15-20-6-8-21(9-7-20)16-25-10-12-27-13-11-25/h4-9,14,19H,10-13,15-16H2,1-3H3,(H,24,26)/t19-/m0/s1. The van der Waals surface area contributed by atoms with Crippen LogP contribution in [0.5, 0.6) is 5.75 Å². The summed E-state index contributed by atoms with van der Waals surface area (Å²) in [6.07, 6.45) is -0.541. The molecule has 0 saturated carbocycles. The number of amides is 1. The Hall–Kier alpha value is -2.37. The average molecular weight is 383 g/mol. The van der Waals surface area contributed by atoms with E-state index in [1.807, 2.05) is 32.0 Å². The van der Waals surface area contributed by atoms with E-state index >= 15 is 0 Å². The van der Waals surface area contributed by atoms with Crippen LogP contribution >= 0.6 is 0 Å². The number of hydrogen-bond acceptors (Lipinski definition) is 4. The first kappa shape index (κ1) is 20.4. The van der Waals surface area contributed by atoms with Crippen LogP contribution < -0.4 is 10.1 Å². The molecule has 1 fully saturated rings. The van der Waals surface area contributed by atoms with E-state index in [1.54, 1.807) is 6.92 Å². The Morgan fingerprint density at radius 3 is 2.50 bits per heavy atom. The number of aryl methyl sites for hydroxylation is 2. The molecule has 3 rings (SSSR count). The number of ether oxygens (including phenoxy) is 2. The van der Waals surface area contributed by atoms with Gasteiger partial charge in [-0.05, 0) is 49.1 Å². The summed E-state index contributed by atoms with van der Waals surface area (Å²) in [6, 6.07) is 14.4.